The molecule has 1 aromatic rings. The maximum atomic E-state index is 13.3. The zero-order valence-electron chi connectivity index (χ0n) is 13.8. The van der Waals surface area contributed by atoms with Gasteiger partial charge in [-0.1, -0.05) is 0 Å². The molecule has 4 rings (SSSR count). The number of halogens is 1. The van der Waals surface area contributed by atoms with E-state index in [2.05, 4.69) is 5.32 Å². The van der Waals surface area contributed by atoms with Crippen LogP contribution < -0.4 is 15.0 Å². The van der Waals surface area contributed by atoms with E-state index in [0.717, 1.165) is 17.7 Å². The Labute approximate surface area is 143 Å². The summed E-state index contributed by atoms with van der Waals surface area (Å²) in [5.41, 5.74) is -0.474. The van der Waals surface area contributed by atoms with Crippen LogP contribution in [-0.2, 0) is 9.59 Å². The van der Waals surface area contributed by atoms with Gasteiger partial charge in [-0.15, -0.1) is 0 Å². The van der Waals surface area contributed by atoms with Gasteiger partial charge in [0.25, 0.3) is 5.91 Å². The standard InChI is InChI=1S/C17H18FN3O4/c1-17(10-2-3-10)15(23)21(16(24)19-17)9-14(22)20-6-7-25-13-8-11(18)4-5-12(13)20/h4-5,8,10H,2-3,6-7,9H2,1H3,(H,19,24)/t17-/m0/s1. The molecule has 1 saturated carbocycles. The third kappa shape index (κ3) is 2.52. The number of ether oxygens (including phenoxy) is 1. The Balaban J connectivity index is 1.53. The first-order valence-corrected chi connectivity index (χ1v) is 8.27. The number of nitrogens with one attached hydrogen (secondary N) is 1. The number of fused-ring (bicyclic) bond motifs is 1. The number of benzene rings is 1. The van der Waals surface area contributed by atoms with Crippen molar-refractivity contribution in [2.75, 3.05) is 24.6 Å². The molecular weight excluding hydrogens is 329 g/mol. The number of rotatable bonds is 3. The number of carbonyl (C=O) groups is 3. The molecule has 7 nitrogen and oxygen atoms in total. The SMILES string of the molecule is C[C@@]1(C2CC2)NC(=O)N(CC(=O)N2CCOc3cc(F)ccc32)C1=O. The van der Waals surface area contributed by atoms with Gasteiger partial charge in [-0.3, -0.25) is 14.5 Å². The van der Waals surface area contributed by atoms with Gasteiger partial charge in [-0.05, 0) is 37.8 Å². The summed E-state index contributed by atoms with van der Waals surface area (Å²) in [4.78, 5) is 39.9. The number of urea groups is 1. The molecule has 1 N–H and O–H groups in total. The zero-order chi connectivity index (χ0) is 17.8. The maximum Gasteiger partial charge on any atom is 0.325 e. The monoisotopic (exact) mass is 347 g/mol. The van der Waals surface area contributed by atoms with Gasteiger partial charge in [0, 0.05) is 6.07 Å². The van der Waals surface area contributed by atoms with E-state index in [-0.39, 0.29) is 37.3 Å². The van der Waals surface area contributed by atoms with Crippen LogP contribution in [0.15, 0.2) is 18.2 Å². The third-order valence-electron chi connectivity index (χ3n) is 5.07. The minimum absolute atomic E-state index is 0.135. The fourth-order valence-corrected chi connectivity index (χ4v) is 3.47. The topological polar surface area (TPSA) is 79.0 Å². The quantitative estimate of drug-likeness (QED) is 0.835. The largest absolute Gasteiger partial charge is 0.489 e. The van der Waals surface area contributed by atoms with E-state index < -0.39 is 23.3 Å². The second-order valence-electron chi connectivity index (χ2n) is 6.80. The molecule has 2 heterocycles. The molecule has 132 valence electrons. The van der Waals surface area contributed by atoms with Crippen LogP contribution in [0.1, 0.15) is 19.8 Å². The highest BCUT2D eigenvalue weighted by molar-refractivity contribution is 6.10. The van der Waals surface area contributed by atoms with Gasteiger partial charge in [0.05, 0.1) is 12.2 Å². The van der Waals surface area contributed by atoms with Crippen molar-refractivity contribution in [3.05, 3.63) is 24.0 Å². The second kappa shape index (κ2) is 5.44. The average Bonchev–Trinajstić information content (AvgIpc) is 3.40. The lowest BCUT2D eigenvalue weighted by molar-refractivity contribution is -0.134. The third-order valence-corrected chi connectivity index (χ3v) is 5.07. The van der Waals surface area contributed by atoms with Gasteiger partial charge in [0.15, 0.2) is 0 Å². The lowest BCUT2D eigenvalue weighted by Crippen LogP contribution is -2.48. The molecule has 1 atom stereocenters. The molecule has 2 aliphatic heterocycles. The van der Waals surface area contributed by atoms with Gasteiger partial charge in [-0.25, -0.2) is 9.18 Å². The van der Waals surface area contributed by atoms with Gasteiger partial charge < -0.3 is 15.0 Å². The van der Waals surface area contributed by atoms with Crippen molar-refractivity contribution in [1.29, 1.82) is 0 Å². The molecule has 1 saturated heterocycles. The van der Waals surface area contributed by atoms with Crippen molar-refractivity contribution >= 4 is 23.5 Å². The molecule has 0 radical (unpaired) electrons. The van der Waals surface area contributed by atoms with Gasteiger partial charge in [0.2, 0.25) is 5.91 Å². The highest BCUT2D eigenvalue weighted by Crippen LogP contribution is 2.42. The molecule has 3 aliphatic rings. The minimum Gasteiger partial charge on any atom is -0.489 e. The van der Waals surface area contributed by atoms with E-state index in [9.17, 15) is 18.8 Å². The lowest BCUT2D eigenvalue weighted by Gasteiger charge is -2.30. The van der Waals surface area contributed by atoms with Crippen LogP contribution in [-0.4, -0.2) is 48.0 Å². The van der Waals surface area contributed by atoms with Crippen LogP contribution in [0.25, 0.3) is 0 Å². The lowest BCUT2D eigenvalue weighted by atomic mass is 9.96. The van der Waals surface area contributed by atoms with Gasteiger partial charge in [0.1, 0.15) is 30.3 Å². The Kier molecular flexibility index (Phi) is 3.45. The van der Waals surface area contributed by atoms with Crippen molar-refractivity contribution in [3.8, 4) is 5.75 Å². The van der Waals surface area contributed by atoms with E-state index in [1.165, 1.54) is 23.1 Å². The molecule has 1 aliphatic carbocycles. The summed E-state index contributed by atoms with van der Waals surface area (Å²) in [6.07, 6.45) is 1.79. The van der Waals surface area contributed by atoms with E-state index >= 15 is 0 Å². The number of hydrogen-bond donors (Lipinski definition) is 1. The predicted octanol–water partition coefficient (Wildman–Crippen LogP) is 1.27. The van der Waals surface area contributed by atoms with Gasteiger partial charge >= 0.3 is 6.03 Å². The molecule has 1 aromatic carbocycles. The second-order valence-corrected chi connectivity index (χ2v) is 6.80. The summed E-state index contributed by atoms with van der Waals surface area (Å²) in [7, 11) is 0. The van der Waals surface area contributed by atoms with Crippen molar-refractivity contribution < 1.29 is 23.5 Å². The Morgan fingerprint density at radius 3 is 2.88 bits per heavy atom. The molecule has 8 heteroatoms. The normalized spacial score (nSPS) is 25.5. The van der Waals surface area contributed by atoms with Crippen LogP contribution in [0.2, 0.25) is 0 Å². The Morgan fingerprint density at radius 1 is 1.40 bits per heavy atom. The minimum atomic E-state index is -0.913. The number of amides is 4. The maximum absolute atomic E-state index is 13.3. The first kappa shape index (κ1) is 15.9. The van der Waals surface area contributed by atoms with Crippen molar-refractivity contribution in [1.82, 2.24) is 10.2 Å². The summed E-state index contributed by atoms with van der Waals surface area (Å²) >= 11 is 0. The first-order chi connectivity index (χ1) is 11.9. The highest BCUT2D eigenvalue weighted by Gasteiger charge is 2.56. The number of anilines is 1. The van der Waals surface area contributed by atoms with Crippen LogP contribution in [0.4, 0.5) is 14.9 Å². The fraction of sp³-hybridized carbons (Fsp3) is 0.471. The Bertz CT molecular complexity index is 779. The molecule has 0 bridgehead atoms. The summed E-state index contributed by atoms with van der Waals surface area (Å²) < 4.78 is 18.7. The molecule has 2 fully saturated rings. The van der Waals surface area contributed by atoms with Crippen LogP contribution in [0.5, 0.6) is 5.75 Å². The summed E-state index contributed by atoms with van der Waals surface area (Å²) in [6.45, 7) is 1.87. The summed E-state index contributed by atoms with van der Waals surface area (Å²) in [6, 6.07) is 3.38. The highest BCUT2D eigenvalue weighted by atomic mass is 19.1. The van der Waals surface area contributed by atoms with Crippen molar-refractivity contribution in [2.24, 2.45) is 5.92 Å². The smallest absolute Gasteiger partial charge is 0.325 e. The first-order valence-electron chi connectivity index (χ1n) is 8.27. The summed E-state index contributed by atoms with van der Waals surface area (Å²) in [5.74, 6) is -0.807. The van der Waals surface area contributed by atoms with E-state index in [1.54, 1.807) is 6.92 Å². The van der Waals surface area contributed by atoms with E-state index in [1.807, 2.05) is 0 Å². The van der Waals surface area contributed by atoms with Gasteiger partial charge in [-0.2, -0.15) is 0 Å². The molecule has 0 aromatic heterocycles. The van der Waals surface area contributed by atoms with E-state index in [0.29, 0.717) is 5.69 Å². The fourth-order valence-electron chi connectivity index (χ4n) is 3.47. The number of nitrogens with zero attached hydrogens (tertiary/aromatic N) is 2. The Hall–Kier alpha value is -2.64. The molecule has 4 amide bonds. The molecule has 25 heavy (non-hydrogen) atoms. The van der Waals surface area contributed by atoms with Crippen LogP contribution in [0, 0.1) is 11.7 Å². The molecular formula is C17H18FN3O4. The van der Waals surface area contributed by atoms with Crippen molar-refractivity contribution in [3.63, 3.8) is 0 Å². The van der Waals surface area contributed by atoms with Crippen LogP contribution in [0.3, 0.4) is 0 Å². The predicted molar refractivity (Wildman–Crippen MR) is 85.6 cm³/mol. The van der Waals surface area contributed by atoms with E-state index in [4.69, 9.17) is 4.74 Å². The van der Waals surface area contributed by atoms with Crippen molar-refractivity contribution in [2.45, 2.75) is 25.3 Å². The summed E-state index contributed by atoms with van der Waals surface area (Å²) in [5, 5.41) is 2.72. The van der Waals surface area contributed by atoms with Crippen LogP contribution >= 0.6 is 0 Å². The molecule has 0 spiro atoms. The number of carbonyl (C=O) groups excluding carboxylic acids is 3. The number of hydrogen-bond acceptors (Lipinski definition) is 4. The average molecular weight is 347 g/mol. The zero-order valence-corrected chi connectivity index (χ0v) is 13.8. The molecule has 0 unspecified atom stereocenters. The number of imide groups is 1. The Morgan fingerprint density at radius 2 is 2.16 bits per heavy atom.